The molecule has 3 aliphatic rings. The molecule has 1 N–H and O–H groups in total. The number of nitrogens with one attached hydrogen (secondary N) is 1. The van der Waals surface area contributed by atoms with Gasteiger partial charge < -0.3 is 19.9 Å². The third kappa shape index (κ3) is 4.95. The van der Waals surface area contributed by atoms with Crippen LogP contribution in [-0.2, 0) is 6.42 Å². The zero-order chi connectivity index (χ0) is 24.5. The minimum Gasteiger partial charge on any atom is -0.418 e. The number of benzene rings is 1. The molecule has 2 aromatic rings. The Kier molecular flexibility index (Phi) is 6.34. The van der Waals surface area contributed by atoms with E-state index in [9.17, 15) is 4.39 Å². The highest BCUT2D eigenvalue weighted by molar-refractivity contribution is 6.05. The van der Waals surface area contributed by atoms with Crippen molar-refractivity contribution in [2.75, 3.05) is 50.0 Å². The summed E-state index contributed by atoms with van der Waals surface area (Å²) >= 11 is 0. The number of likely N-dealkylation sites (N-methyl/N-ethyl adjacent to an activating group) is 1. The van der Waals surface area contributed by atoms with Gasteiger partial charge in [-0.2, -0.15) is 9.97 Å². The molecular weight excluding hydrogens is 450 g/mol. The molecule has 35 heavy (non-hydrogen) atoms. The van der Waals surface area contributed by atoms with Gasteiger partial charge in [0.25, 0.3) is 0 Å². The van der Waals surface area contributed by atoms with Gasteiger partial charge >= 0.3 is 6.01 Å². The largest absolute Gasteiger partial charge is 0.418 e. The number of halogens is 2. The quantitative estimate of drug-likeness (QED) is 0.679. The molecule has 1 aromatic heterocycles. The monoisotopic (exact) mass is 478 g/mol. The second-order valence-electron chi connectivity index (χ2n) is 9.07. The van der Waals surface area contributed by atoms with E-state index >= 15 is 4.39 Å². The maximum absolute atomic E-state index is 15.2. The lowest BCUT2D eigenvalue weighted by Gasteiger charge is -2.33. The van der Waals surface area contributed by atoms with Gasteiger partial charge in [0.15, 0.2) is 11.6 Å². The third-order valence-electron chi connectivity index (χ3n) is 6.26. The van der Waals surface area contributed by atoms with Crippen LogP contribution in [-0.4, -0.2) is 60.5 Å². The van der Waals surface area contributed by atoms with Gasteiger partial charge in [-0.15, -0.1) is 0 Å². The third-order valence-corrected chi connectivity index (χ3v) is 6.26. The van der Waals surface area contributed by atoms with E-state index in [-0.39, 0.29) is 6.01 Å². The Morgan fingerprint density at radius 1 is 1.09 bits per heavy atom. The Bertz CT molecular complexity index is 1280. The molecule has 0 amide bonds. The zero-order valence-corrected chi connectivity index (χ0v) is 20.1. The normalized spacial score (nSPS) is 18.0. The van der Waals surface area contributed by atoms with E-state index in [1.807, 2.05) is 38.1 Å². The fourth-order valence-electron chi connectivity index (χ4n) is 4.43. The molecule has 1 saturated heterocycles. The summed E-state index contributed by atoms with van der Waals surface area (Å²) in [6.07, 6.45) is 8.14. The van der Waals surface area contributed by atoms with Crippen molar-refractivity contribution in [1.82, 2.24) is 14.9 Å². The van der Waals surface area contributed by atoms with Crippen LogP contribution in [0.15, 0.2) is 46.5 Å². The molecule has 1 aliphatic carbocycles. The Labute approximate surface area is 203 Å². The van der Waals surface area contributed by atoms with E-state index in [0.717, 1.165) is 37.3 Å². The molecule has 0 saturated carbocycles. The van der Waals surface area contributed by atoms with Crippen LogP contribution in [0.2, 0.25) is 0 Å². The van der Waals surface area contributed by atoms with E-state index < -0.39 is 17.4 Å². The number of anilines is 2. The molecule has 5 rings (SSSR count). The maximum atomic E-state index is 15.2. The molecular formula is C26H28F2N6O. The highest BCUT2D eigenvalue weighted by Gasteiger charge is 2.25. The molecule has 9 heteroatoms. The van der Waals surface area contributed by atoms with Crippen molar-refractivity contribution in [3.63, 3.8) is 0 Å². The second-order valence-corrected chi connectivity index (χ2v) is 9.07. The minimum absolute atomic E-state index is 0.128. The van der Waals surface area contributed by atoms with Crippen molar-refractivity contribution in [2.45, 2.75) is 20.3 Å². The topological polar surface area (TPSA) is 65.9 Å². The number of piperazine rings is 1. The van der Waals surface area contributed by atoms with Crippen LogP contribution in [0.1, 0.15) is 25.0 Å². The molecule has 0 spiro atoms. The first-order valence-electron chi connectivity index (χ1n) is 11.7. The number of allylic oxidation sites excluding steroid dienone is 2. The lowest BCUT2D eigenvalue weighted by atomic mass is 10.1. The number of aliphatic imine (C=N–C) groups is 1. The van der Waals surface area contributed by atoms with Crippen LogP contribution in [0, 0.1) is 11.6 Å². The predicted molar refractivity (Wildman–Crippen MR) is 134 cm³/mol. The second kappa shape index (κ2) is 9.58. The molecule has 2 aliphatic heterocycles. The smallest absolute Gasteiger partial charge is 0.326 e. The summed E-state index contributed by atoms with van der Waals surface area (Å²) in [7, 11) is 2.07. The Morgan fingerprint density at radius 3 is 2.66 bits per heavy atom. The van der Waals surface area contributed by atoms with Crippen LogP contribution >= 0.6 is 0 Å². The molecule has 0 radical (unpaired) electrons. The standard InChI is InChI=1S/C26H28F2N6O/c1-4-5-17-12-21(29-15-17)30-22-14-23(34-8-6-33(3)7-9-34)32-26(31-22)35-25-20(27)13-18-10-16(2)11-19(18)24(25)28/h4-5,11-14H,6-10,15H2,1-3H3,(H,29,30,31,32)/b5-4-. The molecule has 1 fully saturated rings. The molecule has 1 aromatic carbocycles. The van der Waals surface area contributed by atoms with E-state index in [1.54, 1.807) is 6.08 Å². The van der Waals surface area contributed by atoms with Crippen molar-refractivity contribution in [2.24, 2.45) is 4.99 Å². The number of aromatic nitrogens is 2. The molecule has 0 unspecified atom stereocenters. The van der Waals surface area contributed by atoms with Gasteiger partial charge in [-0.25, -0.2) is 8.78 Å². The predicted octanol–water partition coefficient (Wildman–Crippen LogP) is 4.58. The van der Waals surface area contributed by atoms with Gasteiger partial charge in [-0.05, 0) is 50.6 Å². The Hall–Kier alpha value is -3.59. The summed E-state index contributed by atoms with van der Waals surface area (Å²) in [5.41, 5.74) is 3.01. The van der Waals surface area contributed by atoms with E-state index in [0.29, 0.717) is 41.6 Å². The Balaban J connectivity index is 1.48. The molecule has 7 nitrogen and oxygen atoms in total. The summed E-state index contributed by atoms with van der Waals surface area (Å²) in [6, 6.07) is 3.01. The van der Waals surface area contributed by atoms with Gasteiger partial charge in [-0.1, -0.05) is 23.8 Å². The number of fused-ring (bicyclic) bond motifs is 1. The molecule has 0 atom stereocenters. The fraction of sp³-hybridized carbons (Fsp3) is 0.346. The zero-order valence-electron chi connectivity index (χ0n) is 20.1. The molecule has 3 heterocycles. The average Bonchev–Trinajstić information content (AvgIpc) is 3.42. The lowest BCUT2D eigenvalue weighted by Crippen LogP contribution is -2.44. The van der Waals surface area contributed by atoms with E-state index in [2.05, 4.69) is 37.1 Å². The number of rotatable bonds is 5. The van der Waals surface area contributed by atoms with Crippen LogP contribution in [0.4, 0.5) is 20.4 Å². The first-order valence-corrected chi connectivity index (χ1v) is 11.7. The number of hydrogen-bond acceptors (Lipinski definition) is 7. The van der Waals surface area contributed by atoms with Crippen molar-refractivity contribution < 1.29 is 13.5 Å². The van der Waals surface area contributed by atoms with Crippen molar-refractivity contribution in [3.05, 3.63) is 64.3 Å². The van der Waals surface area contributed by atoms with Gasteiger partial charge in [0.05, 0.1) is 6.54 Å². The lowest BCUT2D eigenvalue weighted by molar-refractivity contribution is 0.311. The van der Waals surface area contributed by atoms with Gasteiger partial charge in [-0.3, -0.25) is 4.99 Å². The van der Waals surface area contributed by atoms with Gasteiger partial charge in [0.2, 0.25) is 5.75 Å². The number of nitrogens with zero attached hydrogens (tertiary/aromatic N) is 5. The summed E-state index contributed by atoms with van der Waals surface area (Å²) < 4.78 is 35.7. The Morgan fingerprint density at radius 2 is 1.89 bits per heavy atom. The summed E-state index contributed by atoms with van der Waals surface area (Å²) in [5.74, 6) is -0.282. The molecule has 0 bridgehead atoms. The van der Waals surface area contributed by atoms with Crippen LogP contribution in [0.5, 0.6) is 11.8 Å². The number of amidine groups is 1. The van der Waals surface area contributed by atoms with Crippen molar-refractivity contribution in [3.8, 4) is 11.8 Å². The van der Waals surface area contributed by atoms with Crippen molar-refractivity contribution >= 4 is 23.5 Å². The number of hydrogen-bond donors (Lipinski definition) is 1. The highest BCUT2D eigenvalue weighted by atomic mass is 19.1. The SMILES string of the molecule is C/C=C\C1=CC(Nc2cc(N3CCN(C)CC3)nc(Oc3c(F)cc4c(c3F)C=C(C)C4)n2)=NC1. The van der Waals surface area contributed by atoms with Gasteiger partial charge in [0, 0.05) is 37.8 Å². The van der Waals surface area contributed by atoms with E-state index in [1.165, 1.54) is 6.07 Å². The van der Waals surface area contributed by atoms with E-state index in [4.69, 9.17) is 4.74 Å². The number of ether oxygens (including phenoxy) is 1. The van der Waals surface area contributed by atoms with Crippen molar-refractivity contribution in [1.29, 1.82) is 0 Å². The maximum Gasteiger partial charge on any atom is 0.326 e. The van der Waals surface area contributed by atoms with Crippen LogP contribution in [0.3, 0.4) is 0 Å². The molecule has 182 valence electrons. The summed E-state index contributed by atoms with van der Waals surface area (Å²) in [4.78, 5) is 17.7. The summed E-state index contributed by atoms with van der Waals surface area (Å²) in [6.45, 7) is 7.71. The van der Waals surface area contributed by atoms with Gasteiger partial charge in [0.1, 0.15) is 17.5 Å². The highest BCUT2D eigenvalue weighted by Crippen LogP contribution is 2.36. The first kappa shape index (κ1) is 23.2. The first-order chi connectivity index (χ1) is 16.9. The van der Waals surface area contributed by atoms with Crippen LogP contribution < -0.4 is 15.0 Å². The van der Waals surface area contributed by atoms with Crippen LogP contribution in [0.25, 0.3) is 6.08 Å². The minimum atomic E-state index is -0.772. The average molecular weight is 479 g/mol. The fourth-order valence-corrected chi connectivity index (χ4v) is 4.43. The summed E-state index contributed by atoms with van der Waals surface area (Å²) in [5, 5.41) is 3.19.